The zero-order valence-electron chi connectivity index (χ0n) is 8.19. The normalized spacial score (nSPS) is 14.8. The second kappa shape index (κ2) is 5.06. The molecule has 0 fully saturated rings. The van der Waals surface area contributed by atoms with Crippen molar-refractivity contribution in [1.82, 2.24) is 0 Å². The van der Waals surface area contributed by atoms with E-state index >= 15 is 0 Å². The van der Waals surface area contributed by atoms with Gasteiger partial charge in [-0.2, -0.15) is 0 Å². The van der Waals surface area contributed by atoms with Crippen molar-refractivity contribution < 1.29 is 13.5 Å². The minimum absolute atomic E-state index is 0.502. The summed E-state index contributed by atoms with van der Waals surface area (Å²) in [6.07, 6.45) is -0.158. The van der Waals surface area contributed by atoms with E-state index in [-0.39, 0.29) is 0 Å². The summed E-state index contributed by atoms with van der Waals surface area (Å²) in [5, 5.41) is 9.99. The van der Waals surface area contributed by atoms with Crippen LogP contribution >= 0.6 is 47.8 Å². The number of hydrogen-bond donors (Lipinski definition) is 1. The van der Waals surface area contributed by atoms with Gasteiger partial charge in [-0.05, 0) is 17.7 Å². The molecule has 7 heteroatoms. The number of halogens is 3. The first-order valence-electron chi connectivity index (χ1n) is 4.17. The van der Waals surface area contributed by atoms with E-state index in [1.54, 1.807) is 24.3 Å². The van der Waals surface area contributed by atoms with Crippen molar-refractivity contribution in [2.24, 2.45) is 0 Å². The van der Waals surface area contributed by atoms with E-state index in [0.29, 0.717) is 5.56 Å². The maximum atomic E-state index is 11.5. The van der Waals surface area contributed by atoms with Gasteiger partial charge in [0.1, 0.15) is 6.10 Å². The van der Waals surface area contributed by atoms with Gasteiger partial charge in [0.2, 0.25) is 2.57 Å². The summed E-state index contributed by atoms with van der Waals surface area (Å²) >= 11 is 9.24. The smallest absolute Gasteiger partial charge is 0.210 e. The van der Waals surface area contributed by atoms with Crippen molar-refractivity contribution in [3.8, 4) is 0 Å². The Morgan fingerprint density at radius 3 is 2.06 bits per heavy atom. The van der Waals surface area contributed by atoms with E-state index in [1.165, 1.54) is 0 Å². The van der Waals surface area contributed by atoms with Crippen molar-refractivity contribution in [3.63, 3.8) is 0 Å². The Morgan fingerprint density at radius 2 is 1.69 bits per heavy atom. The van der Waals surface area contributed by atoms with Crippen LogP contribution in [0.25, 0.3) is 0 Å². The summed E-state index contributed by atoms with van der Waals surface area (Å²) in [5.41, 5.74) is 0.502. The fourth-order valence-electron chi connectivity index (χ4n) is 1.04. The van der Waals surface area contributed by atoms with Gasteiger partial charge in [0, 0.05) is 10.7 Å². The van der Waals surface area contributed by atoms with Gasteiger partial charge >= 0.3 is 0 Å². The van der Waals surface area contributed by atoms with Crippen LogP contribution in [-0.2, 0) is 9.84 Å². The van der Waals surface area contributed by atoms with Crippen molar-refractivity contribution in [1.29, 1.82) is 0 Å². The molecule has 1 rings (SSSR count). The standard InChI is InChI=1S/C9H9Br3O3S/c1-16(14,15)9(11,12)8(13)6-2-4-7(10)5-3-6/h2-5,8,13H,1H3. The van der Waals surface area contributed by atoms with Gasteiger partial charge in [-0.25, -0.2) is 8.42 Å². The molecule has 0 saturated heterocycles. The Balaban J connectivity index is 3.12. The van der Waals surface area contributed by atoms with Gasteiger partial charge in [-0.1, -0.05) is 59.9 Å². The molecule has 0 amide bonds. The fraction of sp³-hybridized carbons (Fsp3) is 0.333. The fourth-order valence-corrected chi connectivity index (χ4v) is 2.38. The van der Waals surface area contributed by atoms with Crippen molar-refractivity contribution in [2.75, 3.05) is 6.26 Å². The zero-order valence-corrected chi connectivity index (χ0v) is 13.8. The highest BCUT2D eigenvalue weighted by Crippen LogP contribution is 2.43. The van der Waals surface area contributed by atoms with Gasteiger partial charge in [0.25, 0.3) is 0 Å². The van der Waals surface area contributed by atoms with E-state index in [2.05, 4.69) is 47.8 Å². The number of benzene rings is 1. The quantitative estimate of drug-likeness (QED) is 0.741. The average Bonchev–Trinajstić information content (AvgIpc) is 2.16. The molecule has 0 spiro atoms. The lowest BCUT2D eigenvalue weighted by Crippen LogP contribution is -2.31. The van der Waals surface area contributed by atoms with E-state index in [9.17, 15) is 13.5 Å². The molecule has 0 aliphatic carbocycles. The third-order valence-corrected chi connectivity index (χ3v) is 8.13. The average molecular weight is 437 g/mol. The van der Waals surface area contributed by atoms with Gasteiger partial charge in [0.05, 0.1) is 0 Å². The van der Waals surface area contributed by atoms with Crippen LogP contribution in [0.1, 0.15) is 11.7 Å². The summed E-state index contributed by atoms with van der Waals surface area (Å²) in [4.78, 5) is 0. The first-order chi connectivity index (χ1) is 7.16. The molecule has 0 aliphatic heterocycles. The number of rotatable bonds is 3. The topological polar surface area (TPSA) is 54.4 Å². The van der Waals surface area contributed by atoms with Gasteiger partial charge in [-0.15, -0.1) is 0 Å². The number of alkyl halides is 2. The number of sulfone groups is 1. The molecule has 0 aliphatic rings. The number of aliphatic hydroxyl groups excluding tert-OH is 1. The zero-order chi connectivity index (χ0) is 12.6. The molecule has 1 unspecified atom stereocenters. The molecule has 90 valence electrons. The van der Waals surface area contributed by atoms with E-state index < -0.39 is 18.5 Å². The Bertz CT molecular complexity index is 467. The summed E-state index contributed by atoms with van der Waals surface area (Å²) in [6, 6.07) is 6.77. The molecule has 3 nitrogen and oxygen atoms in total. The van der Waals surface area contributed by atoms with Crippen LogP contribution in [0.4, 0.5) is 0 Å². The minimum Gasteiger partial charge on any atom is -0.385 e. The lowest BCUT2D eigenvalue weighted by atomic mass is 10.1. The second-order valence-corrected chi connectivity index (χ2v) is 11.0. The summed E-state index contributed by atoms with van der Waals surface area (Å²) in [6.45, 7) is 0. The molecule has 0 saturated carbocycles. The molecule has 0 bridgehead atoms. The first kappa shape index (κ1) is 14.6. The molecule has 1 N–H and O–H groups in total. The predicted molar refractivity (Wildman–Crippen MR) is 74.5 cm³/mol. The third kappa shape index (κ3) is 3.07. The maximum absolute atomic E-state index is 11.5. The molecule has 0 radical (unpaired) electrons. The van der Waals surface area contributed by atoms with Crippen LogP contribution in [0.3, 0.4) is 0 Å². The highest BCUT2D eigenvalue weighted by Gasteiger charge is 2.43. The Hall–Kier alpha value is 0.570. The minimum atomic E-state index is -3.49. The monoisotopic (exact) mass is 434 g/mol. The molecule has 1 aromatic rings. The van der Waals surface area contributed by atoms with Crippen LogP contribution in [-0.4, -0.2) is 22.3 Å². The van der Waals surface area contributed by atoms with Crippen LogP contribution in [0.2, 0.25) is 0 Å². The van der Waals surface area contributed by atoms with E-state index in [0.717, 1.165) is 10.7 Å². The van der Waals surface area contributed by atoms with Crippen molar-refractivity contribution >= 4 is 57.6 Å². The van der Waals surface area contributed by atoms with Crippen LogP contribution in [0, 0.1) is 0 Å². The highest BCUT2D eigenvalue weighted by molar-refractivity contribution is 9.27. The van der Waals surface area contributed by atoms with Gasteiger partial charge in [0.15, 0.2) is 9.84 Å². The predicted octanol–water partition coefficient (Wildman–Crippen LogP) is 2.97. The molecule has 16 heavy (non-hydrogen) atoms. The van der Waals surface area contributed by atoms with Gasteiger partial charge in [-0.3, -0.25) is 0 Å². The molecule has 1 aromatic carbocycles. The molecular formula is C9H9Br3O3S. The van der Waals surface area contributed by atoms with E-state index in [4.69, 9.17) is 0 Å². The van der Waals surface area contributed by atoms with Crippen LogP contribution < -0.4 is 0 Å². The Kier molecular flexibility index (Phi) is 4.62. The largest absolute Gasteiger partial charge is 0.385 e. The molecule has 0 heterocycles. The Labute approximate surface area is 120 Å². The Morgan fingerprint density at radius 1 is 1.25 bits per heavy atom. The molecular weight excluding hydrogens is 428 g/mol. The molecule has 0 aromatic heterocycles. The second-order valence-electron chi connectivity index (χ2n) is 3.29. The lowest BCUT2D eigenvalue weighted by Gasteiger charge is -2.25. The van der Waals surface area contributed by atoms with Crippen molar-refractivity contribution in [3.05, 3.63) is 34.3 Å². The maximum Gasteiger partial charge on any atom is 0.210 e. The van der Waals surface area contributed by atoms with Crippen LogP contribution in [0.5, 0.6) is 0 Å². The summed E-state index contributed by atoms with van der Waals surface area (Å²) < 4.78 is 22.2. The highest BCUT2D eigenvalue weighted by atomic mass is 79.9. The number of hydrogen-bond acceptors (Lipinski definition) is 3. The summed E-state index contributed by atoms with van der Waals surface area (Å²) in [5.74, 6) is 0. The molecule has 1 atom stereocenters. The summed E-state index contributed by atoms with van der Waals surface area (Å²) in [7, 11) is -3.49. The van der Waals surface area contributed by atoms with E-state index in [1.807, 2.05) is 0 Å². The lowest BCUT2D eigenvalue weighted by molar-refractivity contribution is 0.189. The van der Waals surface area contributed by atoms with Gasteiger partial charge < -0.3 is 5.11 Å². The van der Waals surface area contributed by atoms with Crippen molar-refractivity contribution in [2.45, 2.75) is 8.67 Å². The SMILES string of the molecule is CS(=O)(=O)C(Br)(Br)C(O)c1ccc(Br)cc1. The number of aliphatic hydroxyl groups is 1. The van der Waals surface area contributed by atoms with Crippen LogP contribution in [0.15, 0.2) is 28.7 Å². The third-order valence-electron chi connectivity index (χ3n) is 2.00. The first-order valence-corrected chi connectivity index (χ1v) is 8.44.